The Kier molecular flexibility index (Phi) is 6.07. The van der Waals surface area contributed by atoms with Gasteiger partial charge in [0.1, 0.15) is 0 Å². The second kappa shape index (κ2) is 7.33. The molecule has 0 amide bonds. The number of halogens is 1. The summed E-state index contributed by atoms with van der Waals surface area (Å²) < 4.78 is 0.725. The van der Waals surface area contributed by atoms with Crippen LogP contribution in [0.1, 0.15) is 18.9 Å². The smallest absolute Gasteiger partial charge is 0.273 e. The van der Waals surface area contributed by atoms with E-state index < -0.39 is 0 Å². The van der Waals surface area contributed by atoms with Gasteiger partial charge in [0.2, 0.25) is 0 Å². The Morgan fingerprint density at radius 3 is 2.72 bits per heavy atom. The Morgan fingerprint density at radius 2 is 2.11 bits per heavy atom. The fourth-order valence-electron chi connectivity index (χ4n) is 1.62. The highest BCUT2D eigenvalue weighted by atomic mass is 79.9. The van der Waals surface area contributed by atoms with Crippen LogP contribution in [0.2, 0.25) is 0 Å². The van der Waals surface area contributed by atoms with Gasteiger partial charge in [-0.3, -0.25) is 10.1 Å². The molecule has 100 valence electrons. The predicted molar refractivity (Wildman–Crippen MR) is 77.2 cm³/mol. The van der Waals surface area contributed by atoms with E-state index in [4.69, 9.17) is 0 Å². The highest BCUT2D eigenvalue weighted by Crippen LogP contribution is 2.30. The largest absolute Gasteiger partial charge is 0.384 e. The molecule has 6 heteroatoms. The van der Waals surface area contributed by atoms with Crippen LogP contribution in [0.25, 0.3) is 0 Å². The second-order valence-corrected chi connectivity index (χ2v) is 4.86. The van der Waals surface area contributed by atoms with Crippen LogP contribution in [0.5, 0.6) is 0 Å². The third kappa shape index (κ3) is 4.27. The molecule has 0 unspecified atom stereocenters. The van der Waals surface area contributed by atoms with E-state index in [1.807, 2.05) is 0 Å². The number of hydrogen-bond acceptors (Lipinski definition) is 4. The minimum Gasteiger partial charge on any atom is -0.384 e. The average molecular weight is 316 g/mol. The lowest BCUT2D eigenvalue weighted by atomic mass is 10.2. The molecule has 0 aliphatic carbocycles. The van der Waals surface area contributed by atoms with Crippen LogP contribution < -0.4 is 10.6 Å². The summed E-state index contributed by atoms with van der Waals surface area (Å²) in [4.78, 5) is 10.4. The minimum absolute atomic E-state index is 0.139. The van der Waals surface area contributed by atoms with Gasteiger partial charge in [-0.2, -0.15) is 0 Å². The zero-order valence-corrected chi connectivity index (χ0v) is 12.2. The normalized spacial score (nSPS) is 10.4. The highest BCUT2D eigenvalue weighted by molar-refractivity contribution is 9.10. The van der Waals surface area contributed by atoms with Gasteiger partial charge >= 0.3 is 0 Å². The molecular weight excluding hydrogens is 298 g/mol. The Bertz CT molecular complexity index is 424. The fraction of sp³-hybridized carbons (Fsp3) is 0.500. The van der Waals surface area contributed by atoms with Crippen LogP contribution in [-0.4, -0.2) is 24.6 Å². The molecule has 18 heavy (non-hydrogen) atoms. The molecule has 1 aromatic carbocycles. The summed E-state index contributed by atoms with van der Waals surface area (Å²) in [5.41, 5.74) is 1.70. The van der Waals surface area contributed by atoms with Crippen molar-refractivity contribution in [3.05, 3.63) is 32.3 Å². The SMILES string of the molecule is CCNCCCNc1cc(C)c([N+](=O)[O-])cc1Br. The summed E-state index contributed by atoms with van der Waals surface area (Å²) in [5.74, 6) is 0. The van der Waals surface area contributed by atoms with Gasteiger partial charge in [-0.25, -0.2) is 0 Å². The van der Waals surface area contributed by atoms with Crippen LogP contribution in [-0.2, 0) is 0 Å². The number of aryl methyl sites for hydroxylation is 1. The van der Waals surface area contributed by atoms with E-state index in [9.17, 15) is 10.1 Å². The first kappa shape index (κ1) is 14.9. The fourth-order valence-corrected chi connectivity index (χ4v) is 2.09. The van der Waals surface area contributed by atoms with Gasteiger partial charge in [0.15, 0.2) is 0 Å². The maximum absolute atomic E-state index is 10.8. The van der Waals surface area contributed by atoms with Crippen LogP contribution in [0, 0.1) is 17.0 Å². The highest BCUT2D eigenvalue weighted by Gasteiger charge is 2.13. The molecule has 5 nitrogen and oxygen atoms in total. The second-order valence-electron chi connectivity index (χ2n) is 4.01. The number of anilines is 1. The van der Waals surface area contributed by atoms with Gasteiger partial charge in [0, 0.05) is 28.3 Å². The molecule has 0 bridgehead atoms. The van der Waals surface area contributed by atoms with Gasteiger partial charge in [-0.1, -0.05) is 6.92 Å². The first-order chi connectivity index (χ1) is 8.56. The van der Waals surface area contributed by atoms with E-state index in [2.05, 4.69) is 33.5 Å². The number of rotatable bonds is 7. The molecule has 0 saturated carbocycles. The van der Waals surface area contributed by atoms with Crippen LogP contribution >= 0.6 is 15.9 Å². The molecule has 1 aromatic rings. The van der Waals surface area contributed by atoms with Crippen molar-refractivity contribution >= 4 is 27.3 Å². The summed E-state index contributed by atoms with van der Waals surface area (Å²) >= 11 is 3.35. The lowest BCUT2D eigenvalue weighted by Crippen LogP contribution is -2.17. The Morgan fingerprint density at radius 1 is 1.39 bits per heavy atom. The van der Waals surface area contributed by atoms with Gasteiger partial charge < -0.3 is 10.6 Å². The summed E-state index contributed by atoms with van der Waals surface area (Å²) in [6, 6.07) is 3.34. The van der Waals surface area contributed by atoms with Crippen molar-refractivity contribution in [1.82, 2.24) is 5.32 Å². The zero-order chi connectivity index (χ0) is 13.5. The molecule has 0 fully saturated rings. The summed E-state index contributed by atoms with van der Waals surface area (Å²) in [6.45, 7) is 6.59. The van der Waals surface area contributed by atoms with Crippen molar-refractivity contribution in [3.8, 4) is 0 Å². The first-order valence-electron chi connectivity index (χ1n) is 5.95. The van der Waals surface area contributed by atoms with Gasteiger partial charge in [-0.05, 0) is 48.4 Å². The van der Waals surface area contributed by atoms with Crippen molar-refractivity contribution in [2.24, 2.45) is 0 Å². The molecule has 0 aliphatic rings. The molecule has 0 radical (unpaired) electrons. The number of nitrogens with one attached hydrogen (secondary N) is 2. The van der Waals surface area contributed by atoms with Crippen LogP contribution in [0.15, 0.2) is 16.6 Å². The summed E-state index contributed by atoms with van der Waals surface area (Å²) in [7, 11) is 0. The number of hydrogen-bond donors (Lipinski definition) is 2. The zero-order valence-electron chi connectivity index (χ0n) is 10.6. The van der Waals surface area contributed by atoms with E-state index in [0.29, 0.717) is 5.56 Å². The van der Waals surface area contributed by atoms with Crippen LogP contribution in [0.3, 0.4) is 0 Å². The lowest BCUT2D eigenvalue weighted by Gasteiger charge is -2.10. The minimum atomic E-state index is -0.366. The van der Waals surface area contributed by atoms with Crippen molar-refractivity contribution < 1.29 is 4.92 Å². The van der Waals surface area contributed by atoms with Crippen molar-refractivity contribution in [2.75, 3.05) is 25.0 Å². The molecule has 2 N–H and O–H groups in total. The van der Waals surface area contributed by atoms with Gasteiger partial charge in [-0.15, -0.1) is 0 Å². The van der Waals surface area contributed by atoms with E-state index in [-0.39, 0.29) is 10.6 Å². The van der Waals surface area contributed by atoms with E-state index in [0.717, 1.165) is 36.2 Å². The summed E-state index contributed by atoms with van der Waals surface area (Å²) in [6.07, 6.45) is 1.01. The number of nitrogens with zero attached hydrogens (tertiary/aromatic N) is 1. The Labute approximate surface area is 115 Å². The molecule has 0 heterocycles. The third-order valence-electron chi connectivity index (χ3n) is 2.58. The van der Waals surface area contributed by atoms with E-state index >= 15 is 0 Å². The number of nitro benzene ring substituents is 1. The molecular formula is C12H18BrN3O2. The maximum atomic E-state index is 10.8. The molecule has 1 rings (SSSR count). The molecule has 0 aliphatic heterocycles. The van der Waals surface area contributed by atoms with Crippen molar-refractivity contribution in [3.63, 3.8) is 0 Å². The monoisotopic (exact) mass is 315 g/mol. The molecule has 0 spiro atoms. The lowest BCUT2D eigenvalue weighted by molar-refractivity contribution is -0.385. The van der Waals surface area contributed by atoms with E-state index in [1.165, 1.54) is 0 Å². The average Bonchev–Trinajstić information content (AvgIpc) is 2.32. The molecule has 0 atom stereocenters. The topological polar surface area (TPSA) is 67.2 Å². The van der Waals surface area contributed by atoms with Crippen LogP contribution in [0.4, 0.5) is 11.4 Å². The maximum Gasteiger partial charge on any atom is 0.273 e. The number of nitro groups is 1. The van der Waals surface area contributed by atoms with E-state index in [1.54, 1.807) is 19.1 Å². The standard InChI is InChI=1S/C12H18BrN3O2/c1-3-14-5-4-6-15-11-7-9(2)12(16(17)18)8-10(11)13/h7-8,14-15H,3-6H2,1-2H3. The molecule has 0 saturated heterocycles. The van der Waals surface area contributed by atoms with Gasteiger partial charge in [0.25, 0.3) is 5.69 Å². The Balaban J connectivity index is 2.62. The number of benzene rings is 1. The predicted octanol–water partition coefficient (Wildman–Crippen LogP) is 3.08. The molecule has 0 aromatic heterocycles. The van der Waals surface area contributed by atoms with Crippen molar-refractivity contribution in [1.29, 1.82) is 0 Å². The first-order valence-corrected chi connectivity index (χ1v) is 6.74. The third-order valence-corrected chi connectivity index (χ3v) is 3.23. The Hall–Kier alpha value is -1.14. The van der Waals surface area contributed by atoms with Crippen molar-refractivity contribution in [2.45, 2.75) is 20.3 Å². The summed E-state index contributed by atoms with van der Waals surface area (Å²) in [5, 5.41) is 17.3. The quantitative estimate of drug-likeness (QED) is 0.461. The van der Waals surface area contributed by atoms with Gasteiger partial charge in [0.05, 0.1) is 4.92 Å².